The second kappa shape index (κ2) is 4.01. The average molecular weight is 234 g/mol. The van der Waals surface area contributed by atoms with Crippen LogP contribution >= 0.6 is 0 Å². The molecule has 88 valence electrons. The first kappa shape index (κ1) is 11.3. The molecule has 5 heteroatoms. The van der Waals surface area contributed by atoms with Crippen LogP contribution in [-0.4, -0.2) is 20.6 Å². The molecule has 0 aliphatic carbocycles. The lowest BCUT2D eigenvalue weighted by Gasteiger charge is -2.05. The van der Waals surface area contributed by atoms with Crippen LogP contribution in [0.3, 0.4) is 0 Å². The number of benzene rings is 1. The van der Waals surface area contributed by atoms with Crippen LogP contribution in [0.2, 0.25) is 0 Å². The minimum atomic E-state index is -1.09. The molecule has 0 aliphatic heterocycles. The van der Waals surface area contributed by atoms with Gasteiger partial charge in [0.05, 0.1) is 12.0 Å². The van der Waals surface area contributed by atoms with Gasteiger partial charge in [0, 0.05) is 12.6 Å². The highest BCUT2D eigenvalue weighted by molar-refractivity contribution is 5.93. The van der Waals surface area contributed by atoms with Gasteiger partial charge in [0.15, 0.2) is 5.69 Å². The van der Waals surface area contributed by atoms with E-state index in [1.807, 2.05) is 0 Å². The largest absolute Gasteiger partial charge is 0.476 e. The SMILES string of the molecule is Cc1cc(-c2c(C(=O)O)ncn2C)ccc1F. The summed E-state index contributed by atoms with van der Waals surface area (Å²) in [6.45, 7) is 1.63. The standard InChI is InChI=1S/C12H11FN2O2/c1-7-5-8(3-4-9(7)13)11-10(12(16)17)14-6-15(11)2/h3-6H,1-2H3,(H,16,17). The van der Waals surface area contributed by atoms with Crippen molar-refractivity contribution in [2.45, 2.75) is 6.92 Å². The van der Waals surface area contributed by atoms with E-state index in [1.165, 1.54) is 12.4 Å². The fourth-order valence-corrected chi connectivity index (χ4v) is 1.72. The molecule has 2 rings (SSSR count). The highest BCUT2D eigenvalue weighted by atomic mass is 19.1. The second-order valence-corrected chi connectivity index (χ2v) is 3.82. The summed E-state index contributed by atoms with van der Waals surface area (Å²) in [4.78, 5) is 14.8. The van der Waals surface area contributed by atoms with Crippen molar-refractivity contribution in [3.05, 3.63) is 41.6 Å². The monoisotopic (exact) mass is 234 g/mol. The Bertz CT molecular complexity index is 590. The van der Waals surface area contributed by atoms with Crippen molar-refractivity contribution >= 4 is 5.97 Å². The summed E-state index contributed by atoms with van der Waals surface area (Å²) >= 11 is 0. The molecule has 17 heavy (non-hydrogen) atoms. The maximum Gasteiger partial charge on any atom is 0.356 e. The van der Waals surface area contributed by atoms with E-state index in [0.29, 0.717) is 16.8 Å². The molecule has 0 bridgehead atoms. The maximum atomic E-state index is 13.2. The molecule has 4 nitrogen and oxygen atoms in total. The van der Waals surface area contributed by atoms with E-state index >= 15 is 0 Å². The van der Waals surface area contributed by atoms with Crippen LogP contribution in [-0.2, 0) is 7.05 Å². The van der Waals surface area contributed by atoms with Crippen molar-refractivity contribution in [1.29, 1.82) is 0 Å². The number of rotatable bonds is 2. The molecular formula is C12H11FN2O2. The zero-order chi connectivity index (χ0) is 12.6. The van der Waals surface area contributed by atoms with Gasteiger partial charge in [0.1, 0.15) is 5.82 Å². The lowest BCUT2D eigenvalue weighted by Crippen LogP contribution is -2.01. The number of aromatic carboxylic acids is 1. The maximum absolute atomic E-state index is 13.2. The second-order valence-electron chi connectivity index (χ2n) is 3.82. The molecule has 0 atom stereocenters. The van der Waals surface area contributed by atoms with Crippen LogP contribution in [0.15, 0.2) is 24.5 Å². The Morgan fingerprint density at radius 3 is 2.76 bits per heavy atom. The third-order valence-electron chi connectivity index (χ3n) is 2.57. The van der Waals surface area contributed by atoms with Gasteiger partial charge >= 0.3 is 5.97 Å². The molecule has 0 spiro atoms. The summed E-state index contributed by atoms with van der Waals surface area (Å²) in [5.41, 5.74) is 1.56. The number of carboxylic acids is 1. The zero-order valence-electron chi connectivity index (χ0n) is 9.44. The van der Waals surface area contributed by atoms with E-state index in [4.69, 9.17) is 5.11 Å². The van der Waals surface area contributed by atoms with E-state index in [2.05, 4.69) is 4.98 Å². The van der Waals surface area contributed by atoms with Crippen LogP contribution in [0.5, 0.6) is 0 Å². The minimum absolute atomic E-state index is 0.0292. The van der Waals surface area contributed by atoms with Crippen LogP contribution in [0.25, 0.3) is 11.3 Å². The lowest BCUT2D eigenvalue weighted by atomic mass is 10.1. The molecule has 0 saturated carbocycles. The molecular weight excluding hydrogens is 223 g/mol. The van der Waals surface area contributed by atoms with E-state index in [1.54, 1.807) is 30.7 Å². The van der Waals surface area contributed by atoms with Gasteiger partial charge in [-0.05, 0) is 30.7 Å². The smallest absolute Gasteiger partial charge is 0.356 e. The van der Waals surface area contributed by atoms with Crippen LogP contribution in [0.4, 0.5) is 4.39 Å². The molecule has 1 aromatic carbocycles. The van der Waals surface area contributed by atoms with Crippen LogP contribution in [0.1, 0.15) is 16.1 Å². The van der Waals surface area contributed by atoms with Crippen molar-refractivity contribution in [3.8, 4) is 11.3 Å². The molecule has 0 saturated heterocycles. The van der Waals surface area contributed by atoms with Crippen LogP contribution in [0, 0.1) is 12.7 Å². The van der Waals surface area contributed by atoms with E-state index < -0.39 is 5.97 Å². The Kier molecular flexibility index (Phi) is 2.67. The van der Waals surface area contributed by atoms with Crippen molar-refractivity contribution in [1.82, 2.24) is 9.55 Å². The molecule has 0 unspecified atom stereocenters. The average Bonchev–Trinajstić information content (AvgIpc) is 2.64. The number of carbonyl (C=O) groups is 1. The fraction of sp³-hybridized carbons (Fsp3) is 0.167. The Morgan fingerprint density at radius 1 is 1.47 bits per heavy atom. The highest BCUT2D eigenvalue weighted by Crippen LogP contribution is 2.24. The van der Waals surface area contributed by atoms with Gasteiger partial charge in [0.2, 0.25) is 0 Å². The Balaban J connectivity index is 2.63. The molecule has 1 N–H and O–H groups in total. The molecule has 1 heterocycles. The topological polar surface area (TPSA) is 55.1 Å². The summed E-state index contributed by atoms with van der Waals surface area (Å²) in [6.07, 6.45) is 1.43. The van der Waals surface area contributed by atoms with Crippen molar-refractivity contribution in [2.75, 3.05) is 0 Å². The van der Waals surface area contributed by atoms with E-state index in [0.717, 1.165) is 0 Å². The van der Waals surface area contributed by atoms with Crippen LogP contribution < -0.4 is 0 Å². The molecule has 2 aromatic rings. The quantitative estimate of drug-likeness (QED) is 0.866. The Labute approximate surface area is 97.3 Å². The predicted octanol–water partition coefficient (Wildman–Crippen LogP) is 2.23. The number of carboxylic acid groups (broad SMARTS) is 1. The van der Waals surface area contributed by atoms with Gasteiger partial charge in [0.25, 0.3) is 0 Å². The Hall–Kier alpha value is -2.17. The van der Waals surface area contributed by atoms with Gasteiger partial charge in [-0.25, -0.2) is 14.2 Å². The number of imidazole rings is 1. The predicted molar refractivity (Wildman–Crippen MR) is 60.3 cm³/mol. The minimum Gasteiger partial charge on any atom is -0.476 e. The summed E-state index contributed by atoms with van der Waals surface area (Å²) < 4.78 is 14.8. The van der Waals surface area contributed by atoms with Gasteiger partial charge in [-0.1, -0.05) is 0 Å². The van der Waals surface area contributed by atoms with Gasteiger partial charge in [-0.2, -0.15) is 0 Å². The van der Waals surface area contributed by atoms with Crippen molar-refractivity contribution in [2.24, 2.45) is 7.05 Å². The number of aryl methyl sites for hydroxylation is 2. The highest BCUT2D eigenvalue weighted by Gasteiger charge is 2.17. The first-order chi connectivity index (χ1) is 8.00. The van der Waals surface area contributed by atoms with Gasteiger partial charge in [-0.3, -0.25) is 0 Å². The lowest BCUT2D eigenvalue weighted by molar-refractivity contribution is 0.0692. The Morgan fingerprint density at radius 2 is 2.18 bits per heavy atom. The number of halogens is 1. The van der Waals surface area contributed by atoms with E-state index in [9.17, 15) is 9.18 Å². The molecule has 0 fully saturated rings. The van der Waals surface area contributed by atoms with Crippen molar-refractivity contribution < 1.29 is 14.3 Å². The zero-order valence-corrected chi connectivity index (χ0v) is 9.44. The molecule has 0 aliphatic rings. The number of hydrogen-bond donors (Lipinski definition) is 1. The molecule has 0 radical (unpaired) electrons. The number of aromatic nitrogens is 2. The van der Waals surface area contributed by atoms with Crippen molar-refractivity contribution in [3.63, 3.8) is 0 Å². The first-order valence-electron chi connectivity index (χ1n) is 5.02. The summed E-state index contributed by atoms with van der Waals surface area (Å²) in [5, 5.41) is 9.01. The molecule has 1 aromatic heterocycles. The third kappa shape index (κ3) is 1.91. The number of nitrogens with zero attached hydrogens (tertiary/aromatic N) is 2. The summed E-state index contributed by atoms with van der Waals surface area (Å²) in [6, 6.07) is 4.48. The normalized spacial score (nSPS) is 10.5. The molecule has 0 amide bonds. The fourth-order valence-electron chi connectivity index (χ4n) is 1.72. The van der Waals surface area contributed by atoms with E-state index in [-0.39, 0.29) is 11.5 Å². The number of hydrogen-bond acceptors (Lipinski definition) is 2. The van der Waals surface area contributed by atoms with Gasteiger partial charge in [-0.15, -0.1) is 0 Å². The summed E-state index contributed by atoms with van der Waals surface area (Å²) in [7, 11) is 1.70. The van der Waals surface area contributed by atoms with Gasteiger partial charge < -0.3 is 9.67 Å². The third-order valence-corrected chi connectivity index (χ3v) is 2.57. The first-order valence-corrected chi connectivity index (χ1v) is 5.02. The summed E-state index contributed by atoms with van der Waals surface area (Å²) in [5.74, 6) is -1.41.